The topological polar surface area (TPSA) is 68.3 Å². The van der Waals surface area contributed by atoms with E-state index in [4.69, 9.17) is 4.74 Å². The van der Waals surface area contributed by atoms with Gasteiger partial charge in [-0.1, -0.05) is 24.3 Å². The number of rotatable bonds is 6. The van der Waals surface area contributed by atoms with E-state index in [1.54, 1.807) is 16.7 Å². The van der Waals surface area contributed by atoms with Crippen molar-refractivity contribution in [3.05, 3.63) is 63.5 Å². The highest BCUT2D eigenvalue weighted by Crippen LogP contribution is 2.27. The standard InChI is InChI=1S/C20H20N2O3S2/c1-12-6-7-15(9-13(12)2)14(3)21-18(23)10-25-20(24)16-11-27-19(22-16)17-5-4-8-26-17/h4-9,11,14H,10H2,1-3H3,(H,21,23)/t14-/m1/s1. The molecule has 3 rings (SSSR count). The van der Waals surface area contributed by atoms with Gasteiger partial charge in [-0.2, -0.15) is 0 Å². The summed E-state index contributed by atoms with van der Waals surface area (Å²) in [6.07, 6.45) is 0. The maximum atomic E-state index is 12.1. The molecule has 0 saturated heterocycles. The summed E-state index contributed by atoms with van der Waals surface area (Å²) in [6, 6.07) is 9.77. The van der Waals surface area contributed by atoms with E-state index in [9.17, 15) is 9.59 Å². The molecule has 7 heteroatoms. The van der Waals surface area contributed by atoms with Crippen LogP contribution in [0.5, 0.6) is 0 Å². The zero-order chi connectivity index (χ0) is 19.4. The molecule has 1 atom stereocenters. The summed E-state index contributed by atoms with van der Waals surface area (Å²) < 4.78 is 5.10. The van der Waals surface area contributed by atoms with Gasteiger partial charge in [-0.15, -0.1) is 22.7 Å². The van der Waals surface area contributed by atoms with Crippen molar-refractivity contribution in [2.75, 3.05) is 6.61 Å². The zero-order valence-electron chi connectivity index (χ0n) is 15.3. The molecule has 5 nitrogen and oxygen atoms in total. The van der Waals surface area contributed by atoms with E-state index in [2.05, 4.69) is 10.3 Å². The number of aryl methyl sites for hydroxylation is 2. The second kappa shape index (κ2) is 8.45. The number of amides is 1. The van der Waals surface area contributed by atoms with E-state index in [0.29, 0.717) is 0 Å². The molecule has 1 amide bonds. The van der Waals surface area contributed by atoms with Crippen LogP contribution in [0.3, 0.4) is 0 Å². The number of ether oxygens (including phenoxy) is 1. The predicted molar refractivity (Wildman–Crippen MR) is 108 cm³/mol. The molecule has 0 bridgehead atoms. The average molecular weight is 401 g/mol. The van der Waals surface area contributed by atoms with Gasteiger partial charge in [0.2, 0.25) is 0 Å². The van der Waals surface area contributed by atoms with Crippen molar-refractivity contribution >= 4 is 34.6 Å². The molecule has 0 saturated carbocycles. The Kier molecular flexibility index (Phi) is 6.03. The maximum absolute atomic E-state index is 12.1. The van der Waals surface area contributed by atoms with Crippen LogP contribution in [0.15, 0.2) is 41.1 Å². The number of thiazole rings is 1. The molecule has 0 aliphatic heterocycles. The number of hydrogen-bond donors (Lipinski definition) is 1. The fraction of sp³-hybridized carbons (Fsp3) is 0.250. The maximum Gasteiger partial charge on any atom is 0.358 e. The van der Waals surface area contributed by atoms with E-state index in [1.807, 2.05) is 56.5 Å². The fourth-order valence-electron chi connectivity index (χ4n) is 2.49. The Morgan fingerprint density at radius 1 is 1.19 bits per heavy atom. The SMILES string of the molecule is Cc1ccc([C@@H](C)NC(=O)COC(=O)c2csc(-c3cccs3)n2)cc1C. The number of carbonyl (C=O) groups excluding carboxylic acids is 2. The molecule has 0 spiro atoms. The predicted octanol–water partition coefficient (Wildman–Crippen LogP) is 4.52. The summed E-state index contributed by atoms with van der Waals surface area (Å²) in [5.74, 6) is -0.939. The third-order valence-corrected chi connectivity index (χ3v) is 6.07. The Morgan fingerprint density at radius 2 is 2.00 bits per heavy atom. The summed E-state index contributed by atoms with van der Waals surface area (Å²) in [5.41, 5.74) is 3.61. The zero-order valence-corrected chi connectivity index (χ0v) is 16.9. The molecular formula is C20H20N2O3S2. The number of benzene rings is 1. The van der Waals surface area contributed by atoms with Crippen molar-refractivity contribution in [3.63, 3.8) is 0 Å². The largest absolute Gasteiger partial charge is 0.451 e. The molecule has 0 fully saturated rings. The van der Waals surface area contributed by atoms with Crippen molar-refractivity contribution in [2.45, 2.75) is 26.8 Å². The highest BCUT2D eigenvalue weighted by atomic mass is 32.1. The molecule has 1 aromatic carbocycles. The van der Waals surface area contributed by atoms with E-state index in [-0.39, 0.29) is 24.2 Å². The van der Waals surface area contributed by atoms with Crippen LogP contribution in [0.1, 0.15) is 40.1 Å². The minimum Gasteiger partial charge on any atom is -0.451 e. The number of nitrogens with one attached hydrogen (secondary N) is 1. The first-order valence-corrected chi connectivity index (χ1v) is 10.2. The monoisotopic (exact) mass is 400 g/mol. The van der Waals surface area contributed by atoms with Gasteiger partial charge >= 0.3 is 5.97 Å². The van der Waals surface area contributed by atoms with Crippen molar-refractivity contribution in [2.24, 2.45) is 0 Å². The van der Waals surface area contributed by atoms with Crippen molar-refractivity contribution in [3.8, 4) is 9.88 Å². The average Bonchev–Trinajstić information content (AvgIpc) is 3.33. The Morgan fingerprint density at radius 3 is 2.70 bits per heavy atom. The first-order chi connectivity index (χ1) is 12.9. The third-order valence-electron chi connectivity index (χ3n) is 4.19. The molecule has 0 aliphatic rings. The van der Waals surface area contributed by atoms with Gasteiger partial charge in [0, 0.05) is 5.38 Å². The second-order valence-corrected chi connectivity index (χ2v) is 8.03. The van der Waals surface area contributed by atoms with Crippen LogP contribution < -0.4 is 5.32 Å². The Hall–Kier alpha value is -2.51. The van der Waals surface area contributed by atoms with Gasteiger partial charge in [0.05, 0.1) is 10.9 Å². The number of thiophene rings is 1. The van der Waals surface area contributed by atoms with Gasteiger partial charge in [0.15, 0.2) is 12.3 Å². The lowest BCUT2D eigenvalue weighted by Crippen LogP contribution is -2.31. The van der Waals surface area contributed by atoms with E-state index < -0.39 is 5.97 Å². The van der Waals surface area contributed by atoms with Crippen LogP contribution in [0.25, 0.3) is 9.88 Å². The molecule has 27 heavy (non-hydrogen) atoms. The van der Waals surface area contributed by atoms with Crippen LogP contribution in [-0.4, -0.2) is 23.5 Å². The van der Waals surface area contributed by atoms with Crippen LogP contribution in [0.2, 0.25) is 0 Å². The summed E-state index contributed by atoms with van der Waals surface area (Å²) in [7, 11) is 0. The van der Waals surface area contributed by atoms with Gasteiger partial charge in [-0.05, 0) is 48.9 Å². The molecule has 1 N–H and O–H groups in total. The third kappa shape index (κ3) is 4.81. The Bertz CT molecular complexity index is 948. The van der Waals surface area contributed by atoms with Gasteiger partial charge in [-0.25, -0.2) is 9.78 Å². The summed E-state index contributed by atoms with van der Waals surface area (Å²) in [4.78, 5) is 29.5. The van der Waals surface area contributed by atoms with Gasteiger partial charge in [0.25, 0.3) is 5.91 Å². The number of hydrogen-bond acceptors (Lipinski definition) is 6. The first-order valence-electron chi connectivity index (χ1n) is 8.47. The molecule has 3 aromatic rings. The van der Waals surface area contributed by atoms with Gasteiger partial charge in [0.1, 0.15) is 5.01 Å². The normalized spacial score (nSPS) is 11.8. The number of esters is 1. The van der Waals surface area contributed by atoms with Crippen LogP contribution in [0, 0.1) is 13.8 Å². The molecule has 0 radical (unpaired) electrons. The molecule has 140 valence electrons. The summed E-state index contributed by atoms with van der Waals surface area (Å²) in [6.45, 7) is 5.65. The lowest BCUT2D eigenvalue weighted by atomic mass is 10.0. The van der Waals surface area contributed by atoms with Crippen molar-refractivity contribution in [1.82, 2.24) is 10.3 Å². The summed E-state index contributed by atoms with van der Waals surface area (Å²) in [5, 5.41) is 7.21. The lowest BCUT2D eigenvalue weighted by Gasteiger charge is -2.15. The molecule has 2 heterocycles. The number of aromatic nitrogens is 1. The van der Waals surface area contributed by atoms with E-state index in [1.165, 1.54) is 22.5 Å². The Balaban J connectivity index is 1.52. The minimum absolute atomic E-state index is 0.166. The lowest BCUT2D eigenvalue weighted by molar-refractivity contribution is -0.124. The number of carbonyl (C=O) groups is 2. The highest BCUT2D eigenvalue weighted by Gasteiger charge is 2.16. The highest BCUT2D eigenvalue weighted by molar-refractivity contribution is 7.20. The number of nitrogens with zero attached hydrogens (tertiary/aromatic N) is 1. The fourth-order valence-corrected chi connectivity index (χ4v) is 4.09. The van der Waals surface area contributed by atoms with Crippen molar-refractivity contribution in [1.29, 1.82) is 0 Å². The van der Waals surface area contributed by atoms with E-state index in [0.717, 1.165) is 15.4 Å². The van der Waals surface area contributed by atoms with Crippen LogP contribution >= 0.6 is 22.7 Å². The molecular weight excluding hydrogens is 380 g/mol. The quantitative estimate of drug-likeness (QED) is 0.618. The second-order valence-electron chi connectivity index (χ2n) is 6.22. The molecule has 0 unspecified atom stereocenters. The first kappa shape index (κ1) is 19.3. The van der Waals surface area contributed by atoms with Crippen LogP contribution in [0.4, 0.5) is 0 Å². The summed E-state index contributed by atoms with van der Waals surface area (Å²) >= 11 is 2.94. The smallest absolute Gasteiger partial charge is 0.358 e. The Labute approximate surface area is 166 Å². The van der Waals surface area contributed by atoms with Crippen molar-refractivity contribution < 1.29 is 14.3 Å². The van der Waals surface area contributed by atoms with Gasteiger partial charge < -0.3 is 10.1 Å². The van der Waals surface area contributed by atoms with Crippen LogP contribution in [-0.2, 0) is 9.53 Å². The minimum atomic E-state index is -0.594. The molecule has 0 aliphatic carbocycles. The van der Waals surface area contributed by atoms with E-state index >= 15 is 0 Å². The molecule has 2 aromatic heterocycles. The van der Waals surface area contributed by atoms with Gasteiger partial charge in [-0.3, -0.25) is 4.79 Å².